The fourth-order valence-electron chi connectivity index (χ4n) is 1.23. The third-order valence-corrected chi connectivity index (χ3v) is 1.91. The van der Waals surface area contributed by atoms with Gasteiger partial charge in [0.2, 0.25) is 0 Å². The van der Waals surface area contributed by atoms with Crippen LogP contribution in [0.2, 0.25) is 0 Å². The molecule has 1 rings (SSSR count). The van der Waals surface area contributed by atoms with Crippen LogP contribution in [-0.4, -0.2) is 13.1 Å². The maximum atomic E-state index is 3.34. The Bertz CT molecular complexity index is 117. The van der Waals surface area contributed by atoms with Gasteiger partial charge in [0.15, 0.2) is 0 Å². The van der Waals surface area contributed by atoms with Crippen molar-refractivity contribution in [3.63, 3.8) is 0 Å². The molecule has 1 saturated heterocycles. The summed E-state index contributed by atoms with van der Waals surface area (Å²) < 4.78 is 0. The molecular weight excluding hydrogens is 146 g/mol. The summed E-state index contributed by atoms with van der Waals surface area (Å²) in [5.41, 5.74) is 3.19. The van der Waals surface area contributed by atoms with E-state index in [-0.39, 0.29) is 12.4 Å². The van der Waals surface area contributed by atoms with Crippen LogP contribution >= 0.6 is 12.4 Å². The van der Waals surface area contributed by atoms with Crippen molar-refractivity contribution in [2.75, 3.05) is 13.1 Å². The average molecular weight is 162 g/mol. The molecule has 0 aliphatic carbocycles. The molecule has 1 aliphatic heterocycles. The minimum atomic E-state index is 0. The molecule has 10 heavy (non-hydrogen) atoms. The summed E-state index contributed by atoms with van der Waals surface area (Å²) in [5, 5.41) is 3.34. The van der Waals surface area contributed by atoms with Gasteiger partial charge >= 0.3 is 0 Å². The Morgan fingerprint density at radius 1 is 1.20 bits per heavy atom. The quantitative estimate of drug-likeness (QED) is 0.537. The van der Waals surface area contributed by atoms with E-state index in [1.165, 1.54) is 31.5 Å². The first kappa shape index (κ1) is 9.99. The summed E-state index contributed by atoms with van der Waals surface area (Å²) in [7, 11) is 0. The lowest BCUT2D eigenvalue weighted by molar-refractivity contribution is 0.604. The lowest BCUT2D eigenvalue weighted by atomic mass is 10.0. The van der Waals surface area contributed by atoms with Gasteiger partial charge in [-0.1, -0.05) is 11.1 Å². The van der Waals surface area contributed by atoms with Crippen molar-refractivity contribution in [1.29, 1.82) is 0 Å². The van der Waals surface area contributed by atoms with Crippen LogP contribution in [0.3, 0.4) is 0 Å². The van der Waals surface area contributed by atoms with Gasteiger partial charge in [0, 0.05) is 0 Å². The summed E-state index contributed by atoms with van der Waals surface area (Å²) in [4.78, 5) is 0. The number of hydrogen-bond donors (Lipinski definition) is 1. The molecule has 0 bridgehead atoms. The van der Waals surface area contributed by atoms with Gasteiger partial charge in [0.05, 0.1) is 0 Å². The van der Waals surface area contributed by atoms with Crippen molar-refractivity contribution in [3.8, 4) is 0 Å². The molecule has 1 aliphatic rings. The van der Waals surface area contributed by atoms with E-state index >= 15 is 0 Å². The maximum Gasteiger partial charge on any atom is -0.00114 e. The van der Waals surface area contributed by atoms with Crippen LogP contribution in [0.15, 0.2) is 11.1 Å². The summed E-state index contributed by atoms with van der Waals surface area (Å²) in [6.45, 7) is 6.78. The zero-order valence-corrected chi connectivity index (χ0v) is 7.55. The van der Waals surface area contributed by atoms with Crippen LogP contribution in [0.1, 0.15) is 26.7 Å². The lowest BCUT2D eigenvalue weighted by Gasteiger charge is -2.16. The Morgan fingerprint density at radius 2 is 1.70 bits per heavy atom. The normalized spacial score (nSPS) is 18.0. The first-order valence-corrected chi connectivity index (χ1v) is 3.66. The van der Waals surface area contributed by atoms with Crippen LogP contribution in [0.5, 0.6) is 0 Å². The Hall–Kier alpha value is -0.0100. The first-order valence-electron chi connectivity index (χ1n) is 3.66. The molecular formula is C8H16ClN. The number of nitrogens with one attached hydrogen (secondary N) is 1. The number of halogens is 1. The number of hydrogen-bond acceptors (Lipinski definition) is 1. The van der Waals surface area contributed by atoms with E-state index in [4.69, 9.17) is 0 Å². The first-order chi connectivity index (χ1) is 4.30. The second-order valence-corrected chi connectivity index (χ2v) is 2.85. The monoisotopic (exact) mass is 161 g/mol. The van der Waals surface area contributed by atoms with Crippen molar-refractivity contribution in [1.82, 2.24) is 5.32 Å². The van der Waals surface area contributed by atoms with E-state index in [9.17, 15) is 0 Å². The molecule has 0 saturated carbocycles. The smallest absolute Gasteiger partial charge is 0.00114 e. The van der Waals surface area contributed by atoms with Crippen molar-refractivity contribution in [2.45, 2.75) is 26.7 Å². The largest absolute Gasteiger partial charge is 0.316 e. The lowest BCUT2D eigenvalue weighted by Crippen LogP contribution is -2.23. The highest BCUT2D eigenvalue weighted by Gasteiger charge is 2.04. The molecule has 2 heteroatoms. The molecule has 0 radical (unpaired) electrons. The molecule has 1 nitrogen and oxygen atoms in total. The van der Waals surface area contributed by atoms with Gasteiger partial charge in [-0.05, 0) is 39.8 Å². The molecule has 0 amide bonds. The third kappa shape index (κ3) is 2.72. The van der Waals surface area contributed by atoms with Gasteiger partial charge in [-0.25, -0.2) is 0 Å². The van der Waals surface area contributed by atoms with E-state index < -0.39 is 0 Å². The van der Waals surface area contributed by atoms with Crippen LogP contribution in [-0.2, 0) is 0 Å². The van der Waals surface area contributed by atoms with Gasteiger partial charge in [0.1, 0.15) is 0 Å². The molecule has 0 aromatic heterocycles. The molecule has 1 heterocycles. The third-order valence-electron chi connectivity index (χ3n) is 1.91. The second-order valence-electron chi connectivity index (χ2n) is 2.85. The van der Waals surface area contributed by atoms with Gasteiger partial charge < -0.3 is 5.32 Å². The Labute approximate surface area is 69.3 Å². The minimum Gasteiger partial charge on any atom is -0.316 e. The van der Waals surface area contributed by atoms with Crippen molar-refractivity contribution < 1.29 is 0 Å². The highest BCUT2D eigenvalue weighted by Crippen LogP contribution is 2.13. The molecule has 60 valence electrons. The van der Waals surface area contributed by atoms with E-state index in [1.807, 2.05) is 0 Å². The van der Waals surface area contributed by atoms with Gasteiger partial charge in [0.25, 0.3) is 0 Å². The Balaban J connectivity index is 0.000000810. The van der Waals surface area contributed by atoms with Crippen LogP contribution in [0, 0.1) is 0 Å². The maximum absolute atomic E-state index is 3.34. The minimum absolute atomic E-state index is 0. The van der Waals surface area contributed by atoms with Crippen LogP contribution in [0.4, 0.5) is 0 Å². The fourth-order valence-corrected chi connectivity index (χ4v) is 1.23. The van der Waals surface area contributed by atoms with E-state index in [0.717, 1.165) is 0 Å². The van der Waals surface area contributed by atoms with Crippen LogP contribution < -0.4 is 5.32 Å². The zero-order chi connectivity index (χ0) is 6.69. The molecule has 0 unspecified atom stereocenters. The van der Waals surface area contributed by atoms with E-state index in [2.05, 4.69) is 19.2 Å². The van der Waals surface area contributed by atoms with Gasteiger partial charge in [-0.15, -0.1) is 12.4 Å². The Kier molecular flexibility index (Phi) is 4.75. The number of rotatable bonds is 0. The highest BCUT2D eigenvalue weighted by molar-refractivity contribution is 5.85. The summed E-state index contributed by atoms with van der Waals surface area (Å²) in [6.07, 6.45) is 2.53. The Morgan fingerprint density at radius 3 is 2.00 bits per heavy atom. The van der Waals surface area contributed by atoms with Crippen LogP contribution in [0.25, 0.3) is 0 Å². The predicted octanol–water partition coefficient (Wildman–Crippen LogP) is 2.13. The highest BCUT2D eigenvalue weighted by atomic mass is 35.5. The summed E-state index contributed by atoms with van der Waals surface area (Å²) >= 11 is 0. The summed E-state index contributed by atoms with van der Waals surface area (Å²) in [6, 6.07) is 0. The van der Waals surface area contributed by atoms with Crippen molar-refractivity contribution >= 4 is 12.4 Å². The van der Waals surface area contributed by atoms with E-state index in [1.54, 1.807) is 5.57 Å². The molecule has 0 aromatic carbocycles. The topological polar surface area (TPSA) is 12.0 Å². The summed E-state index contributed by atoms with van der Waals surface area (Å²) in [5.74, 6) is 0. The predicted molar refractivity (Wildman–Crippen MR) is 47.7 cm³/mol. The fraction of sp³-hybridized carbons (Fsp3) is 0.750. The molecule has 0 aromatic rings. The van der Waals surface area contributed by atoms with Gasteiger partial charge in [-0.2, -0.15) is 0 Å². The van der Waals surface area contributed by atoms with Crippen molar-refractivity contribution in [2.24, 2.45) is 0 Å². The number of allylic oxidation sites excluding steroid dienone is 1. The van der Waals surface area contributed by atoms with Gasteiger partial charge in [-0.3, -0.25) is 0 Å². The average Bonchev–Trinajstić information content (AvgIpc) is 1.90. The molecule has 1 N–H and O–H groups in total. The zero-order valence-electron chi connectivity index (χ0n) is 6.74. The van der Waals surface area contributed by atoms with Crippen molar-refractivity contribution in [3.05, 3.63) is 11.1 Å². The number of piperidine rings is 1. The molecule has 0 atom stereocenters. The molecule has 0 spiro atoms. The standard InChI is InChI=1S/C8H15N.ClH/c1-7(2)8-3-5-9-6-4-8;/h9H,3-6H2,1-2H3;1H. The second kappa shape index (κ2) is 4.75. The van der Waals surface area contributed by atoms with E-state index in [0.29, 0.717) is 0 Å². The SMILES string of the molecule is CC(C)=C1CCNCC1.Cl. The molecule has 1 fully saturated rings.